The van der Waals surface area contributed by atoms with Crippen molar-refractivity contribution in [1.82, 2.24) is 5.32 Å². The largest absolute Gasteiger partial charge is 0.375 e. The number of benzene rings is 1. The van der Waals surface area contributed by atoms with Gasteiger partial charge in [-0.15, -0.1) is 0 Å². The van der Waals surface area contributed by atoms with Gasteiger partial charge in [0.1, 0.15) is 0 Å². The molecule has 1 N–H and O–H groups in total. The van der Waals surface area contributed by atoms with Crippen LogP contribution >= 0.6 is 0 Å². The second-order valence-corrected chi connectivity index (χ2v) is 5.03. The normalized spacial score (nSPS) is 29.2. The molecular formula is C15H23NO. The van der Waals surface area contributed by atoms with E-state index in [-0.39, 0.29) is 5.60 Å². The predicted octanol–water partition coefficient (Wildman–Crippen LogP) is 2.78. The van der Waals surface area contributed by atoms with Crippen molar-refractivity contribution in [1.29, 1.82) is 0 Å². The first-order valence-corrected chi connectivity index (χ1v) is 6.63. The van der Waals surface area contributed by atoms with E-state index in [9.17, 15) is 0 Å². The Hall–Kier alpha value is -0.860. The first-order chi connectivity index (χ1) is 8.28. The fraction of sp³-hybridized carbons (Fsp3) is 0.600. The Morgan fingerprint density at radius 3 is 2.76 bits per heavy atom. The molecule has 0 radical (unpaired) electrons. The van der Waals surface area contributed by atoms with Crippen LogP contribution in [0.4, 0.5) is 0 Å². The van der Waals surface area contributed by atoms with Crippen molar-refractivity contribution in [2.24, 2.45) is 0 Å². The minimum absolute atomic E-state index is 0.0350. The highest BCUT2D eigenvalue weighted by Crippen LogP contribution is 2.31. The van der Waals surface area contributed by atoms with Crippen LogP contribution in [0.15, 0.2) is 30.3 Å². The van der Waals surface area contributed by atoms with Gasteiger partial charge in [-0.2, -0.15) is 0 Å². The monoisotopic (exact) mass is 233 g/mol. The van der Waals surface area contributed by atoms with Crippen molar-refractivity contribution in [2.75, 3.05) is 13.7 Å². The van der Waals surface area contributed by atoms with Crippen molar-refractivity contribution >= 4 is 0 Å². The van der Waals surface area contributed by atoms with Crippen LogP contribution in [0.25, 0.3) is 0 Å². The zero-order valence-electron chi connectivity index (χ0n) is 10.9. The van der Waals surface area contributed by atoms with Crippen LogP contribution in [0.1, 0.15) is 31.7 Å². The van der Waals surface area contributed by atoms with Crippen LogP contribution in [0.2, 0.25) is 0 Å². The molecule has 2 nitrogen and oxygen atoms in total. The Morgan fingerprint density at radius 1 is 1.35 bits per heavy atom. The van der Waals surface area contributed by atoms with Gasteiger partial charge >= 0.3 is 0 Å². The molecule has 1 aromatic rings. The Morgan fingerprint density at radius 2 is 2.12 bits per heavy atom. The summed E-state index contributed by atoms with van der Waals surface area (Å²) in [5, 5.41) is 3.40. The number of hydrogen-bond acceptors (Lipinski definition) is 2. The third-order valence-corrected chi connectivity index (χ3v) is 3.91. The van der Waals surface area contributed by atoms with Crippen LogP contribution < -0.4 is 5.32 Å². The van der Waals surface area contributed by atoms with Gasteiger partial charge in [-0.05, 0) is 31.9 Å². The summed E-state index contributed by atoms with van der Waals surface area (Å²) in [4.78, 5) is 0. The van der Waals surface area contributed by atoms with Crippen molar-refractivity contribution < 1.29 is 4.74 Å². The van der Waals surface area contributed by atoms with E-state index < -0.39 is 0 Å². The molecule has 0 bridgehead atoms. The minimum atomic E-state index is 0.0350. The van der Waals surface area contributed by atoms with Gasteiger partial charge in [0.05, 0.1) is 5.60 Å². The first kappa shape index (κ1) is 12.6. The van der Waals surface area contributed by atoms with Crippen LogP contribution in [0, 0.1) is 0 Å². The van der Waals surface area contributed by atoms with Crippen LogP contribution in [0.3, 0.4) is 0 Å². The number of nitrogens with one attached hydrogen (secondary N) is 1. The Kier molecular flexibility index (Phi) is 4.19. The molecule has 0 aliphatic carbocycles. The maximum absolute atomic E-state index is 6.11. The molecule has 0 amide bonds. The Bertz CT molecular complexity index is 338. The lowest BCUT2D eigenvalue weighted by Crippen LogP contribution is -2.47. The topological polar surface area (TPSA) is 21.3 Å². The average molecular weight is 233 g/mol. The molecule has 2 atom stereocenters. The van der Waals surface area contributed by atoms with Crippen molar-refractivity contribution in [2.45, 2.75) is 44.2 Å². The highest BCUT2D eigenvalue weighted by atomic mass is 16.5. The van der Waals surface area contributed by atoms with Gasteiger partial charge < -0.3 is 10.1 Å². The summed E-state index contributed by atoms with van der Waals surface area (Å²) < 4.78 is 6.11. The first-order valence-electron chi connectivity index (χ1n) is 6.63. The van der Waals surface area contributed by atoms with Crippen molar-refractivity contribution in [3.8, 4) is 0 Å². The third-order valence-electron chi connectivity index (χ3n) is 3.91. The van der Waals surface area contributed by atoms with E-state index in [1.54, 1.807) is 0 Å². The van der Waals surface area contributed by atoms with Gasteiger partial charge in [0.25, 0.3) is 0 Å². The maximum atomic E-state index is 6.11. The molecule has 1 aliphatic heterocycles. The van der Waals surface area contributed by atoms with Gasteiger partial charge in [0.2, 0.25) is 0 Å². The Labute approximate surface area is 104 Å². The zero-order chi connectivity index (χ0) is 12.1. The van der Waals surface area contributed by atoms with Crippen LogP contribution in [-0.2, 0) is 11.2 Å². The molecule has 17 heavy (non-hydrogen) atoms. The standard InChI is InChI=1S/C15H23NO/c1-3-15(11-13-7-5-4-6-8-13)12-14(16-2)9-10-17-15/h4-8,14,16H,3,9-12H2,1-2H3. The smallest absolute Gasteiger partial charge is 0.0734 e. The lowest BCUT2D eigenvalue weighted by Gasteiger charge is -2.40. The van der Waals surface area contributed by atoms with Crippen LogP contribution in [0.5, 0.6) is 0 Å². The molecule has 1 saturated heterocycles. The molecule has 0 spiro atoms. The molecule has 1 fully saturated rings. The summed E-state index contributed by atoms with van der Waals surface area (Å²) in [6.07, 6.45) is 4.37. The van der Waals surface area contributed by atoms with Crippen molar-refractivity contribution in [3.05, 3.63) is 35.9 Å². The number of hydrogen-bond donors (Lipinski definition) is 1. The molecule has 1 heterocycles. The van der Waals surface area contributed by atoms with E-state index in [0.29, 0.717) is 6.04 Å². The van der Waals surface area contributed by atoms with Crippen molar-refractivity contribution in [3.63, 3.8) is 0 Å². The predicted molar refractivity (Wildman–Crippen MR) is 71.2 cm³/mol. The Balaban J connectivity index is 2.08. The average Bonchev–Trinajstić information content (AvgIpc) is 2.40. The fourth-order valence-corrected chi connectivity index (χ4v) is 2.74. The second-order valence-electron chi connectivity index (χ2n) is 5.03. The molecule has 1 aromatic carbocycles. The summed E-state index contributed by atoms with van der Waals surface area (Å²) in [7, 11) is 2.05. The van der Waals surface area contributed by atoms with Gasteiger partial charge in [0.15, 0.2) is 0 Å². The summed E-state index contributed by atoms with van der Waals surface area (Å²) >= 11 is 0. The molecule has 2 unspecified atom stereocenters. The molecular weight excluding hydrogens is 210 g/mol. The van der Waals surface area contributed by atoms with E-state index >= 15 is 0 Å². The maximum Gasteiger partial charge on any atom is 0.0734 e. The van der Waals surface area contributed by atoms with Gasteiger partial charge in [-0.1, -0.05) is 37.3 Å². The molecule has 1 aliphatic rings. The molecule has 0 aromatic heterocycles. The van der Waals surface area contributed by atoms with Gasteiger partial charge in [-0.25, -0.2) is 0 Å². The highest BCUT2D eigenvalue weighted by Gasteiger charge is 2.35. The molecule has 2 rings (SSSR count). The molecule has 2 heteroatoms. The lowest BCUT2D eigenvalue weighted by molar-refractivity contribution is -0.0896. The third kappa shape index (κ3) is 3.08. The number of ether oxygens (including phenoxy) is 1. The van der Waals surface area contributed by atoms with E-state index in [1.807, 2.05) is 0 Å². The number of rotatable bonds is 4. The summed E-state index contributed by atoms with van der Waals surface area (Å²) in [5.74, 6) is 0. The van der Waals surface area contributed by atoms with Gasteiger partial charge in [-0.3, -0.25) is 0 Å². The van der Waals surface area contributed by atoms with E-state index in [4.69, 9.17) is 4.74 Å². The SMILES string of the molecule is CCC1(Cc2ccccc2)CC(NC)CCO1. The zero-order valence-corrected chi connectivity index (χ0v) is 10.9. The van der Waals surface area contributed by atoms with E-state index in [0.717, 1.165) is 32.3 Å². The fourth-order valence-electron chi connectivity index (χ4n) is 2.74. The second kappa shape index (κ2) is 5.65. The molecule has 0 saturated carbocycles. The minimum Gasteiger partial charge on any atom is -0.375 e. The summed E-state index contributed by atoms with van der Waals surface area (Å²) in [6.45, 7) is 3.12. The van der Waals surface area contributed by atoms with E-state index in [2.05, 4.69) is 49.6 Å². The quantitative estimate of drug-likeness (QED) is 0.863. The lowest BCUT2D eigenvalue weighted by atomic mass is 9.83. The highest BCUT2D eigenvalue weighted by molar-refractivity contribution is 5.17. The van der Waals surface area contributed by atoms with E-state index in [1.165, 1.54) is 5.56 Å². The molecule has 94 valence electrons. The van der Waals surface area contributed by atoms with Crippen LogP contribution in [-0.4, -0.2) is 25.3 Å². The summed E-state index contributed by atoms with van der Waals surface area (Å²) in [6, 6.07) is 11.3. The summed E-state index contributed by atoms with van der Waals surface area (Å²) in [5.41, 5.74) is 1.42. The van der Waals surface area contributed by atoms with Gasteiger partial charge in [0, 0.05) is 19.1 Å².